The van der Waals surface area contributed by atoms with Crippen molar-refractivity contribution in [3.8, 4) is 0 Å². The predicted molar refractivity (Wildman–Crippen MR) is 196 cm³/mol. The Kier molecular flexibility index (Phi) is 33.4. The van der Waals surface area contributed by atoms with Crippen LogP contribution in [-0.2, 0) is 32.7 Å². The van der Waals surface area contributed by atoms with E-state index in [9.17, 15) is 24.2 Å². The molecule has 3 atom stereocenters. The summed E-state index contributed by atoms with van der Waals surface area (Å²) in [6.45, 7) is 2.25. The largest absolute Gasteiger partial charge is 0.472 e. The molecule has 0 aromatic rings. The highest BCUT2D eigenvalue weighted by molar-refractivity contribution is 7.47. The van der Waals surface area contributed by atoms with E-state index in [0.29, 0.717) is 12.8 Å². The highest BCUT2D eigenvalue weighted by atomic mass is 31.2. The van der Waals surface area contributed by atoms with Crippen molar-refractivity contribution in [2.24, 2.45) is 0 Å². The van der Waals surface area contributed by atoms with Crippen molar-refractivity contribution in [2.45, 2.75) is 167 Å². The number of phosphoric ester groups is 1. The van der Waals surface area contributed by atoms with E-state index >= 15 is 0 Å². The van der Waals surface area contributed by atoms with Gasteiger partial charge in [0.05, 0.1) is 19.8 Å². The third-order valence-corrected chi connectivity index (χ3v) is 8.70. The van der Waals surface area contributed by atoms with E-state index in [2.05, 4.69) is 54.8 Å². The Morgan fingerprint density at radius 3 is 1.67 bits per heavy atom. The van der Waals surface area contributed by atoms with E-state index in [1.54, 1.807) is 0 Å². The number of unbranched alkanes of at least 4 members (excludes halogenated alkanes) is 15. The SMILES string of the molecule is CCC/C=C\CCCCCCCC(=O)OCC(COP(=O)(O)OCC(O)CO)OC(=O)CCCCCCC/C=C\C/C=C\CCCCCC. The summed E-state index contributed by atoms with van der Waals surface area (Å²) < 4.78 is 32.5. The summed E-state index contributed by atoms with van der Waals surface area (Å²) in [5, 5.41) is 18.3. The minimum Gasteiger partial charge on any atom is -0.462 e. The first-order valence-corrected chi connectivity index (χ1v) is 20.4. The third kappa shape index (κ3) is 34.4. The van der Waals surface area contributed by atoms with E-state index in [4.69, 9.17) is 19.1 Å². The van der Waals surface area contributed by atoms with Gasteiger partial charge in [-0.1, -0.05) is 115 Å². The van der Waals surface area contributed by atoms with Gasteiger partial charge in [-0.2, -0.15) is 0 Å². The maximum Gasteiger partial charge on any atom is 0.472 e. The zero-order chi connectivity index (χ0) is 36.3. The molecule has 0 rings (SSSR count). The Morgan fingerprint density at radius 1 is 0.612 bits per heavy atom. The summed E-state index contributed by atoms with van der Waals surface area (Å²) in [5.41, 5.74) is 0. The first-order chi connectivity index (χ1) is 23.7. The molecule has 0 amide bonds. The second kappa shape index (κ2) is 34.6. The molecule has 0 aromatic carbocycles. The lowest BCUT2D eigenvalue weighted by Gasteiger charge is -2.20. The average molecular weight is 717 g/mol. The molecule has 0 heterocycles. The smallest absolute Gasteiger partial charge is 0.462 e. The summed E-state index contributed by atoms with van der Waals surface area (Å²) in [7, 11) is -4.61. The van der Waals surface area contributed by atoms with E-state index < -0.39 is 51.8 Å². The van der Waals surface area contributed by atoms with Crippen molar-refractivity contribution >= 4 is 19.8 Å². The molecule has 0 saturated carbocycles. The Hall–Kier alpha value is -1.81. The zero-order valence-electron chi connectivity index (χ0n) is 30.7. The van der Waals surface area contributed by atoms with Crippen molar-refractivity contribution < 1.29 is 47.8 Å². The molecule has 0 spiro atoms. The molecule has 0 aliphatic rings. The van der Waals surface area contributed by atoms with E-state index in [-0.39, 0.29) is 19.4 Å². The number of hydrogen-bond acceptors (Lipinski definition) is 9. The molecule has 0 aromatic heterocycles. The third-order valence-electron chi connectivity index (χ3n) is 7.75. The Morgan fingerprint density at radius 2 is 1.10 bits per heavy atom. The molecule has 0 radical (unpaired) electrons. The van der Waals surface area contributed by atoms with Gasteiger partial charge in [-0.05, 0) is 64.2 Å². The lowest BCUT2D eigenvalue weighted by Crippen LogP contribution is -2.29. The molecule has 3 N–H and O–H groups in total. The van der Waals surface area contributed by atoms with Crippen molar-refractivity contribution in [3.63, 3.8) is 0 Å². The van der Waals surface area contributed by atoms with E-state index in [1.165, 1.54) is 32.1 Å². The molecule has 3 unspecified atom stereocenters. The summed E-state index contributed by atoms with van der Waals surface area (Å²) >= 11 is 0. The molecular weight excluding hydrogens is 647 g/mol. The fourth-order valence-corrected chi connectivity index (χ4v) is 5.58. The van der Waals surface area contributed by atoms with Crippen LogP contribution in [0.4, 0.5) is 0 Å². The predicted octanol–water partition coefficient (Wildman–Crippen LogP) is 9.22. The van der Waals surface area contributed by atoms with Crippen LogP contribution in [0.5, 0.6) is 0 Å². The van der Waals surface area contributed by atoms with Crippen molar-refractivity contribution in [2.75, 3.05) is 26.4 Å². The molecule has 0 aliphatic heterocycles. The van der Waals surface area contributed by atoms with Gasteiger partial charge in [-0.3, -0.25) is 18.6 Å². The van der Waals surface area contributed by atoms with Gasteiger partial charge in [0, 0.05) is 12.8 Å². The summed E-state index contributed by atoms with van der Waals surface area (Å²) in [6.07, 6.45) is 32.6. The van der Waals surface area contributed by atoms with Crippen LogP contribution >= 0.6 is 7.82 Å². The molecule has 286 valence electrons. The monoisotopic (exact) mass is 716 g/mol. The van der Waals surface area contributed by atoms with Gasteiger partial charge in [0.15, 0.2) is 6.10 Å². The Bertz CT molecular complexity index is 920. The maximum atomic E-state index is 12.5. The molecule has 0 saturated heterocycles. The van der Waals surface area contributed by atoms with Gasteiger partial charge in [0.25, 0.3) is 0 Å². The van der Waals surface area contributed by atoms with Gasteiger partial charge >= 0.3 is 19.8 Å². The standard InChI is InChI=1S/C38H69O10P/c1-3-5-7-9-11-13-15-16-17-18-19-20-22-24-26-28-30-38(42)48-36(34-47-49(43,44)46-32-35(40)31-39)33-45-37(41)29-27-25-23-21-14-12-10-8-6-4-2/h8,10,13,15,17-18,35-36,39-40H,3-7,9,11-12,14,16,19-34H2,1-2H3,(H,43,44)/b10-8-,15-13-,18-17-. The van der Waals surface area contributed by atoms with E-state index in [0.717, 1.165) is 83.5 Å². The summed E-state index contributed by atoms with van der Waals surface area (Å²) in [6, 6.07) is 0. The number of esters is 2. The average Bonchev–Trinajstić information content (AvgIpc) is 3.09. The summed E-state index contributed by atoms with van der Waals surface area (Å²) in [4.78, 5) is 34.7. The highest BCUT2D eigenvalue weighted by Crippen LogP contribution is 2.43. The van der Waals surface area contributed by atoms with Gasteiger partial charge in [-0.15, -0.1) is 0 Å². The van der Waals surface area contributed by atoms with Gasteiger partial charge in [0.1, 0.15) is 12.7 Å². The van der Waals surface area contributed by atoms with Crippen LogP contribution in [0.1, 0.15) is 155 Å². The number of phosphoric acid groups is 1. The number of carbonyl (C=O) groups is 2. The molecule has 0 aliphatic carbocycles. The van der Waals surface area contributed by atoms with Crippen LogP contribution in [0.15, 0.2) is 36.5 Å². The van der Waals surface area contributed by atoms with Crippen LogP contribution < -0.4 is 0 Å². The van der Waals surface area contributed by atoms with Crippen molar-refractivity contribution in [1.29, 1.82) is 0 Å². The number of ether oxygens (including phenoxy) is 2. The number of aliphatic hydroxyl groups is 2. The molecule has 49 heavy (non-hydrogen) atoms. The molecule has 0 bridgehead atoms. The first kappa shape index (κ1) is 47.2. The van der Waals surface area contributed by atoms with Crippen LogP contribution in [-0.4, -0.2) is 65.7 Å². The molecular formula is C38H69O10P. The molecule has 0 fully saturated rings. The second-order valence-corrected chi connectivity index (χ2v) is 14.0. The maximum absolute atomic E-state index is 12.5. The number of aliphatic hydroxyl groups excluding tert-OH is 2. The normalized spacial score (nSPS) is 14.5. The molecule has 10 nitrogen and oxygen atoms in total. The lowest BCUT2D eigenvalue weighted by molar-refractivity contribution is -0.161. The minimum absolute atomic E-state index is 0.166. The Labute approximate surface area is 297 Å². The fourth-order valence-electron chi connectivity index (χ4n) is 4.79. The molecule has 11 heteroatoms. The van der Waals surface area contributed by atoms with Crippen molar-refractivity contribution in [1.82, 2.24) is 0 Å². The van der Waals surface area contributed by atoms with Crippen LogP contribution in [0.3, 0.4) is 0 Å². The van der Waals surface area contributed by atoms with E-state index in [1.807, 2.05) is 0 Å². The number of allylic oxidation sites excluding steroid dienone is 6. The second-order valence-electron chi connectivity index (χ2n) is 12.6. The highest BCUT2D eigenvalue weighted by Gasteiger charge is 2.27. The zero-order valence-corrected chi connectivity index (χ0v) is 31.5. The van der Waals surface area contributed by atoms with Gasteiger partial charge in [0.2, 0.25) is 0 Å². The van der Waals surface area contributed by atoms with Crippen LogP contribution in [0.2, 0.25) is 0 Å². The lowest BCUT2D eigenvalue weighted by atomic mass is 10.1. The summed E-state index contributed by atoms with van der Waals surface area (Å²) in [5.74, 6) is -0.956. The number of hydrogen-bond donors (Lipinski definition) is 3. The van der Waals surface area contributed by atoms with Crippen molar-refractivity contribution in [3.05, 3.63) is 36.5 Å². The number of rotatable bonds is 35. The minimum atomic E-state index is -4.61. The topological polar surface area (TPSA) is 149 Å². The first-order valence-electron chi connectivity index (χ1n) is 18.9. The quantitative estimate of drug-likeness (QED) is 0.0251. The Balaban J connectivity index is 4.40. The fraction of sp³-hybridized carbons (Fsp3) is 0.789. The van der Waals surface area contributed by atoms with Gasteiger partial charge in [-0.25, -0.2) is 4.57 Å². The number of carbonyl (C=O) groups excluding carboxylic acids is 2. The van der Waals surface area contributed by atoms with Crippen LogP contribution in [0.25, 0.3) is 0 Å². The van der Waals surface area contributed by atoms with Crippen LogP contribution in [0, 0.1) is 0 Å². The van der Waals surface area contributed by atoms with Gasteiger partial charge < -0.3 is 24.6 Å².